The lowest BCUT2D eigenvalue weighted by Gasteiger charge is -2.37. The van der Waals surface area contributed by atoms with E-state index >= 15 is 0 Å². The summed E-state index contributed by atoms with van der Waals surface area (Å²) >= 11 is 12.3. The molecule has 2 aliphatic carbocycles. The second-order valence-corrected chi connectivity index (χ2v) is 6.90. The highest BCUT2D eigenvalue weighted by Crippen LogP contribution is 2.57. The van der Waals surface area contributed by atoms with E-state index in [1.54, 1.807) is 0 Å². The van der Waals surface area contributed by atoms with Crippen molar-refractivity contribution in [3.63, 3.8) is 0 Å². The summed E-state index contributed by atoms with van der Waals surface area (Å²) in [5.41, 5.74) is 7.61. The Hall–Kier alpha value is -0.240. The minimum Gasteiger partial charge on any atom is -0.330 e. The molecular formula is C15H19Cl2N. The van der Waals surface area contributed by atoms with E-state index in [2.05, 4.69) is 6.07 Å². The van der Waals surface area contributed by atoms with Crippen molar-refractivity contribution in [3.8, 4) is 0 Å². The van der Waals surface area contributed by atoms with Crippen LogP contribution in [0.25, 0.3) is 0 Å². The highest BCUT2D eigenvalue weighted by Gasteiger charge is 2.49. The molecule has 3 unspecified atom stereocenters. The van der Waals surface area contributed by atoms with E-state index in [9.17, 15) is 0 Å². The minimum atomic E-state index is 0.292. The summed E-state index contributed by atoms with van der Waals surface area (Å²) in [7, 11) is 0. The molecule has 18 heavy (non-hydrogen) atoms. The summed E-state index contributed by atoms with van der Waals surface area (Å²) in [5.74, 6) is 1.71. The molecule has 0 amide bonds. The fraction of sp³-hybridized carbons (Fsp3) is 0.600. The molecule has 3 heteroatoms. The first-order valence-corrected chi connectivity index (χ1v) is 7.52. The van der Waals surface area contributed by atoms with Gasteiger partial charge in [-0.1, -0.05) is 35.7 Å². The van der Waals surface area contributed by atoms with E-state index in [1.807, 2.05) is 12.1 Å². The van der Waals surface area contributed by atoms with Gasteiger partial charge in [0.1, 0.15) is 0 Å². The standard InChI is InChI=1S/C15H19Cl2N/c16-13-4-2-11(14(17)6-13)8-15(9-18)7-10-1-3-12(15)5-10/h2,4,6,10,12H,1,3,5,7-9,18H2. The lowest BCUT2D eigenvalue weighted by molar-refractivity contribution is 0.172. The normalized spacial score (nSPS) is 34.2. The lowest BCUT2D eigenvalue weighted by Crippen LogP contribution is -2.37. The molecule has 0 aromatic heterocycles. The van der Waals surface area contributed by atoms with Gasteiger partial charge < -0.3 is 5.73 Å². The minimum absolute atomic E-state index is 0.292. The molecule has 1 nitrogen and oxygen atoms in total. The molecule has 0 aliphatic heterocycles. The van der Waals surface area contributed by atoms with Crippen molar-refractivity contribution in [3.05, 3.63) is 33.8 Å². The third kappa shape index (κ3) is 2.07. The fourth-order valence-corrected chi connectivity index (χ4v) is 4.62. The first kappa shape index (κ1) is 12.8. The topological polar surface area (TPSA) is 26.0 Å². The number of benzene rings is 1. The van der Waals surface area contributed by atoms with Crippen LogP contribution >= 0.6 is 23.2 Å². The summed E-state index contributed by atoms with van der Waals surface area (Å²) < 4.78 is 0. The van der Waals surface area contributed by atoms with Crippen LogP contribution in [-0.2, 0) is 6.42 Å². The maximum Gasteiger partial charge on any atom is 0.0453 e. The van der Waals surface area contributed by atoms with Crippen molar-refractivity contribution in [2.75, 3.05) is 6.54 Å². The lowest BCUT2D eigenvalue weighted by atomic mass is 9.69. The Bertz CT molecular complexity index is 460. The average Bonchev–Trinajstić information content (AvgIpc) is 2.93. The molecule has 0 heterocycles. The molecule has 3 rings (SSSR count). The maximum absolute atomic E-state index is 6.30. The SMILES string of the molecule is NCC1(Cc2ccc(Cl)cc2Cl)CC2CCC1C2. The Morgan fingerprint density at radius 2 is 2.11 bits per heavy atom. The van der Waals surface area contributed by atoms with Gasteiger partial charge in [0.2, 0.25) is 0 Å². The van der Waals surface area contributed by atoms with Gasteiger partial charge >= 0.3 is 0 Å². The smallest absolute Gasteiger partial charge is 0.0453 e. The van der Waals surface area contributed by atoms with Crippen LogP contribution in [-0.4, -0.2) is 6.54 Å². The van der Waals surface area contributed by atoms with Crippen LogP contribution in [0.15, 0.2) is 18.2 Å². The Kier molecular flexibility index (Phi) is 3.34. The average molecular weight is 284 g/mol. The van der Waals surface area contributed by atoms with E-state index < -0.39 is 0 Å². The Morgan fingerprint density at radius 1 is 1.28 bits per heavy atom. The van der Waals surface area contributed by atoms with Gasteiger partial charge in [-0.25, -0.2) is 0 Å². The predicted molar refractivity (Wildman–Crippen MR) is 77.1 cm³/mol. The van der Waals surface area contributed by atoms with Crippen LogP contribution in [0.1, 0.15) is 31.2 Å². The van der Waals surface area contributed by atoms with Gasteiger partial charge in [-0.3, -0.25) is 0 Å². The molecule has 2 fully saturated rings. The van der Waals surface area contributed by atoms with Crippen molar-refractivity contribution in [2.45, 2.75) is 32.1 Å². The maximum atomic E-state index is 6.30. The molecular weight excluding hydrogens is 265 g/mol. The van der Waals surface area contributed by atoms with Crippen molar-refractivity contribution in [1.82, 2.24) is 0 Å². The summed E-state index contributed by atoms with van der Waals surface area (Å²) in [4.78, 5) is 0. The monoisotopic (exact) mass is 283 g/mol. The molecule has 2 aliphatic rings. The Labute approximate surface area is 119 Å². The third-order valence-corrected chi connectivity index (χ3v) is 5.65. The van der Waals surface area contributed by atoms with Crippen LogP contribution in [0.2, 0.25) is 10.0 Å². The van der Waals surface area contributed by atoms with Crippen molar-refractivity contribution in [1.29, 1.82) is 0 Å². The number of hydrogen-bond donors (Lipinski definition) is 1. The number of fused-ring (bicyclic) bond motifs is 2. The highest BCUT2D eigenvalue weighted by molar-refractivity contribution is 6.35. The number of hydrogen-bond acceptors (Lipinski definition) is 1. The first-order chi connectivity index (χ1) is 8.63. The van der Waals surface area contributed by atoms with Crippen LogP contribution in [0.5, 0.6) is 0 Å². The van der Waals surface area contributed by atoms with E-state index in [-0.39, 0.29) is 0 Å². The van der Waals surface area contributed by atoms with E-state index in [1.165, 1.54) is 31.2 Å². The van der Waals surface area contributed by atoms with E-state index in [4.69, 9.17) is 28.9 Å². The zero-order valence-electron chi connectivity index (χ0n) is 10.5. The number of rotatable bonds is 3. The van der Waals surface area contributed by atoms with Gasteiger partial charge in [-0.05, 0) is 67.2 Å². The summed E-state index contributed by atoms with van der Waals surface area (Å²) in [6, 6.07) is 5.84. The van der Waals surface area contributed by atoms with Gasteiger partial charge in [-0.15, -0.1) is 0 Å². The van der Waals surface area contributed by atoms with E-state index in [0.29, 0.717) is 10.4 Å². The Balaban J connectivity index is 1.86. The van der Waals surface area contributed by atoms with Crippen molar-refractivity contribution >= 4 is 23.2 Å². The largest absolute Gasteiger partial charge is 0.330 e. The molecule has 2 N–H and O–H groups in total. The van der Waals surface area contributed by atoms with Crippen LogP contribution < -0.4 is 5.73 Å². The highest BCUT2D eigenvalue weighted by atomic mass is 35.5. The molecule has 0 radical (unpaired) electrons. The van der Waals surface area contributed by atoms with Gasteiger partial charge in [0.05, 0.1) is 0 Å². The zero-order chi connectivity index (χ0) is 12.8. The first-order valence-electron chi connectivity index (χ1n) is 6.77. The quantitative estimate of drug-likeness (QED) is 0.879. The van der Waals surface area contributed by atoms with Crippen molar-refractivity contribution in [2.24, 2.45) is 23.0 Å². The molecule has 1 aromatic carbocycles. The predicted octanol–water partition coefficient (Wildman–Crippen LogP) is 4.30. The second kappa shape index (κ2) is 4.70. The van der Waals surface area contributed by atoms with Gasteiger partial charge in [0, 0.05) is 10.0 Å². The molecule has 2 saturated carbocycles. The van der Waals surface area contributed by atoms with Crippen LogP contribution in [0, 0.1) is 17.3 Å². The second-order valence-electron chi connectivity index (χ2n) is 6.06. The van der Waals surface area contributed by atoms with Gasteiger partial charge in [0.15, 0.2) is 0 Å². The molecule has 98 valence electrons. The van der Waals surface area contributed by atoms with Gasteiger partial charge in [-0.2, -0.15) is 0 Å². The third-order valence-electron chi connectivity index (χ3n) is 5.07. The van der Waals surface area contributed by atoms with Gasteiger partial charge in [0.25, 0.3) is 0 Å². The summed E-state index contributed by atoms with van der Waals surface area (Å²) in [6.07, 6.45) is 6.43. The van der Waals surface area contributed by atoms with Crippen LogP contribution in [0.4, 0.5) is 0 Å². The van der Waals surface area contributed by atoms with Crippen molar-refractivity contribution < 1.29 is 0 Å². The number of nitrogens with two attached hydrogens (primary N) is 1. The Morgan fingerprint density at radius 3 is 2.67 bits per heavy atom. The summed E-state index contributed by atoms with van der Waals surface area (Å²) in [6.45, 7) is 0.785. The molecule has 3 atom stereocenters. The zero-order valence-corrected chi connectivity index (χ0v) is 12.0. The summed E-state index contributed by atoms with van der Waals surface area (Å²) in [5, 5.41) is 1.50. The molecule has 2 bridgehead atoms. The molecule has 0 saturated heterocycles. The molecule has 1 aromatic rings. The fourth-order valence-electron chi connectivity index (χ4n) is 4.14. The number of halogens is 2. The van der Waals surface area contributed by atoms with E-state index in [0.717, 1.165) is 29.8 Å². The van der Waals surface area contributed by atoms with Crippen LogP contribution in [0.3, 0.4) is 0 Å². The molecule has 0 spiro atoms.